The quantitative estimate of drug-likeness (QED) is 0.0269. The van der Waals surface area contributed by atoms with Crippen LogP contribution in [0.2, 0.25) is 0 Å². The maximum Gasteiger partial charge on any atom is 0.273 e. The van der Waals surface area contributed by atoms with Gasteiger partial charge in [0, 0.05) is 67.4 Å². The summed E-state index contributed by atoms with van der Waals surface area (Å²) in [5.74, 6) is -2.13. The number of allylic oxidation sites excluding steroid dienone is 1. The highest BCUT2D eigenvalue weighted by atomic mass is 32.2. The van der Waals surface area contributed by atoms with Gasteiger partial charge in [-0.1, -0.05) is 61.3 Å². The Bertz CT molecular complexity index is 2870. The zero-order chi connectivity index (χ0) is 49.4. The Balaban J connectivity index is 1.36. The molecule has 1 fully saturated rings. The van der Waals surface area contributed by atoms with Gasteiger partial charge in [0.15, 0.2) is 0 Å². The molecule has 1 aliphatic heterocycles. The van der Waals surface area contributed by atoms with Crippen LogP contribution in [0.15, 0.2) is 138 Å². The van der Waals surface area contributed by atoms with Gasteiger partial charge in [-0.2, -0.15) is 4.31 Å². The van der Waals surface area contributed by atoms with Gasteiger partial charge in [-0.05, 0) is 104 Å². The van der Waals surface area contributed by atoms with E-state index < -0.39 is 43.5 Å². The van der Waals surface area contributed by atoms with E-state index in [1.54, 1.807) is 66.9 Å². The van der Waals surface area contributed by atoms with Gasteiger partial charge in [0.05, 0.1) is 45.7 Å². The smallest absolute Gasteiger partial charge is 0.273 e. The number of aliphatic hydroxyl groups excluding tert-OH is 2. The average Bonchev–Trinajstić information content (AvgIpc) is 3.36. The van der Waals surface area contributed by atoms with E-state index in [0.29, 0.717) is 78.6 Å². The fourth-order valence-electron chi connectivity index (χ4n) is 10.5. The van der Waals surface area contributed by atoms with Gasteiger partial charge in [0.1, 0.15) is 28.8 Å². The number of aromatic nitrogens is 1. The van der Waals surface area contributed by atoms with E-state index in [9.17, 15) is 30.4 Å². The second kappa shape index (κ2) is 22.0. The molecule has 3 aliphatic rings. The van der Waals surface area contributed by atoms with Crippen molar-refractivity contribution in [2.45, 2.75) is 87.5 Å². The summed E-state index contributed by atoms with van der Waals surface area (Å²) in [7, 11) is -4.41. The van der Waals surface area contributed by atoms with Crippen LogP contribution in [0.25, 0.3) is 10.9 Å². The highest BCUT2D eigenvalue weighted by Gasteiger charge is 2.66. The molecule has 0 spiro atoms. The number of para-hydroxylation sites is 1. The minimum Gasteiger partial charge on any atom is -0.460 e. The van der Waals surface area contributed by atoms with E-state index >= 15 is 8.42 Å². The van der Waals surface area contributed by atoms with E-state index in [1.807, 2.05) is 25.1 Å². The topological polar surface area (TPSA) is 226 Å². The molecule has 368 valence electrons. The van der Waals surface area contributed by atoms with Crippen molar-refractivity contribution >= 4 is 38.0 Å². The summed E-state index contributed by atoms with van der Waals surface area (Å²) in [4.78, 5) is 32.9. The Hall–Kier alpha value is -6.57. The molecule has 2 N–H and O–H groups in total. The van der Waals surface area contributed by atoms with Crippen LogP contribution in [-0.4, -0.2) is 81.7 Å². The molecule has 1 aromatic heterocycles. The Kier molecular flexibility index (Phi) is 15.7. The highest BCUT2D eigenvalue weighted by Crippen LogP contribution is 2.62. The number of aliphatic hydroxyl groups is 2. The fraction of sp³-hybridized carbons (Fsp3) is 0.385. The predicted molar refractivity (Wildman–Crippen MR) is 262 cm³/mol. The van der Waals surface area contributed by atoms with Crippen LogP contribution in [0, 0.1) is 38.0 Å². The predicted octanol–water partition coefficient (Wildman–Crippen LogP) is 9.78. The largest absolute Gasteiger partial charge is 0.460 e. The minimum atomic E-state index is -4.41. The van der Waals surface area contributed by atoms with Crippen molar-refractivity contribution in [2.75, 3.05) is 26.4 Å². The first-order chi connectivity index (χ1) is 33.9. The summed E-state index contributed by atoms with van der Waals surface area (Å²) < 4.78 is 53.5. The molecule has 0 radical (unpaired) electrons. The summed E-state index contributed by atoms with van der Waals surface area (Å²) in [6.45, 7) is 5.88. The molecule has 8 rings (SSSR count). The van der Waals surface area contributed by atoms with Crippen LogP contribution in [0.3, 0.4) is 0 Å². The number of fused-ring (bicyclic) bond motifs is 3. The van der Waals surface area contributed by atoms with Crippen molar-refractivity contribution in [2.24, 2.45) is 22.9 Å². The number of nitro groups is 2. The lowest BCUT2D eigenvalue weighted by Crippen LogP contribution is -2.70. The lowest BCUT2D eigenvalue weighted by molar-refractivity contribution is -0.385. The van der Waals surface area contributed by atoms with Crippen molar-refractivity contribution in [3.63, 3.8) is 0 Å². The molecule has 70 heavy (non-hydrogen) atoms. The van der Waals surface area contributed by atoms with Crippen LogP contribution >= 0.6 is 0 Å². The van der Waals surface area contributed by atoms with Gasteiger partial charge in [-0.3, -0.25) is 25.2 Å². The van der Waals surface area contributed by atoms with Gasteiger partial charge in [0.25, 0.3) is 11.4 Å². The molecule has 0 saturated heterocycles. The third-order valence-corrected chi connectivity index (χ3v) is 15.4. The van der Waals surface area contributed by atoms with E-state index in [4.69, 9.17) is 24.2 Å². The Morgan fingerprint density at radius 2 is 1.64 bits per heavy atom. The zero-order valence-corrected chi connectivity index (χ0v) is 39.7. The van der Waals surface area contributed by atoms with Gasteiger partial charge in [0.2, 0.25) is 15.8 Å². The van der Waals surface area contributed by atoms with E-state index in [0.717, 1.165) is 11.1 Å². The van der Waals surface area contributed by atoms with Crippen LogP contribution in [0.5, 0.6) is 17.2 Å². The highest BCUT2D eigenvalue weighted by molar-refractivity contribution is 7.89. The van der Waals surface area contributed by atoms with Gasteiger partial charge >= 0.3 is 0 Å². The van der Waals surface area contributed by atoms with Gasteiger partial charge < -0.3 is 29.3 Å². The van der Waals surface area contributed by atoms with Gasteiger partial charge in [-0.15, -0.1) is 6.58 Å². The summed E-state index contributed by atoms with van der Waals surface area (Å²) in [5, 5.41) is 48.7. The average molecular weight is 976 g/mol. The molecular formula is C52H57N5O12S. The molecule has 1 saturated carbocycles. The van der Waals surface area contributed by atoms with Crippen molar-refractivity contribution in [3.05, 3.63) is 159 Å². The van der Waals surface area contributed by atoms with Crippen LogP contribution in [-0.2, 0) is 26.2 Å². The molecule has 6 unspecified atom stereocenters. The molecule has 17 nitrogen and oxygen atoms in total. The number of hydrogen-bond acceptors (Lipinski definition) is 14. The molecular weight excluding hydrogens is 919 g/mol. The van der Waals surface area contributed by atoms with E-state index in [2.05, 4.69) is 17.6 Å². The molecule has 0 amide bonds. The third-order valence-electron chi connectivity index (χ3n) is 13.4. The fourth-order valence-corrected chi connectivity index (χ4v) is 12.4. The Morgan fingerprint density at radius 1 is 0.914 bits per heavy atom. The molecule has 18 heteroatoms. The number of hydrogen-bond donors (Lipinski definition) is 2. The molecule has 0 bridgehead atoms. The summed E-state index contributed by atoms with van der Waals surface area (Å²) in [6.07, 6.45) is 9.54. The monoisotopic (exact) mass is 975 g/mol. The maximum absolute atomic E-state index is 15.6. The molecule has 2 aliphatic carbocycles. The molecule has 5 aromatic rings. The molecule has 4 aromatic carbocycles. The molecule has 6 atom stereocenters. The van der Waals surface area contributed by atoms with E-state index in [-0.39, 0.29) is 73.2 Å². The second-order valence-electron chi connectivity index (χ2n) is 17.8. The van der Waals surface area contributed by atoms with Crippen LogP contribution < -0.4 is 9.47 Å². The summed E-state index contributed by atoms with van der Waals surface area (Å²) in [5.41, 5.74) is 2.66. The number of nitrogens with zero attached hydrogens (tertiary/aromatic N) is 5. The number of ether oxygens (including phenoxy) is 3. The molecule has 2 heterocycles. The second-order valence-corrected chi connectivity index (χ2v) is 19.6. The number of unbranched alkanes of at least 4 members (excludes halogenated alkanes) is 2. The Labute approximate surface area is 406 Å². The third kappa shape index (κ3) is 10.2. The standard InChI is InChI=1S/C52H57N5O12S/c1-3-26-55(70(64,65)47-18-9-13-36-14-11-25-53-51(36)47)48-33-45(54-67-34-35-19-21-38(22-20-35)56(60)61)43-30-37(12-5-7-27-58)42(17-6-8-28-59)49-44-32-41(68-40-16-10-15-39(31-40)57(62)63)23-24-46(44)69-52(48,50(43)49)66-29-4-2/h4,9-11,13-16,18-25,30-32,37,42,48-50,58-59H,2-3,5-8,12,17,26-29,33-34H2,1H3. The minimum absolute atomic E-state index is 0.0108. The normalized spacial score (nSPS) is 22.1. The van der Waals surface area contributed by atoms with Crippen LogP contribution in [0.1, 0.15) is 75.3 Å². The first kappa shape index (κ1) is 49.8. The van der Waals surface area contributed by atoms with Crippen LogP contribution in [0.4, 0.5) is 11.4 Å². The zero-order valence-electron chi connectivity index (χ0n) is 38.9. The maximum atomic E-state index is 15.6. The van der Waals surface area contributed by atoms with Crippen molar-refractivity contribution < 1.29 is 47.5 Å². The number of benzene rings is 4. The first-order valence-corrected chi connectivity index (χ1v) is 25.1. The van der Waals surface area contributed by atoms with Crippen molar-refractivity contribution in [3.8, 4) is 17.2 Å². The number of sulfonamides is 1. The number of non-ortho nitro benzene ring substituents is 2. The van der Waals surface area contributed by atoms with Crippen molar-refractivity contribution in [1.82, 2.24) is 9.29 Å². The number of pyridine rings is 1. The number of oxime groups is 1. The number of rotatable bonds is 23. The Morgan fingerprint density at radius 3 is 2.37 bits per heavy atom. The first-order valence-electron chi connectivity index (χ1n) is 23.7. The van der Waals surface area contributed by atoms with Gasteiger partial charge in [-0.25, -0.2) is 8.42 Å². The summed E-state index contributed by atoms with van der Waals surface area (Å²) >= 11 is 0. The number of nitro benzene ring substituents is 2. The van der Waals surface area contributed by atoms with Crippen molar-refractivity contribution in [1.29, 1.82) is 0 Å². The lowest BCUT2D eigenvalue weighted by atomic mass is 9.55. The summed E-state index contributed by atoms with van der Waals surface area (Å²) in [6, 6.07) is 24.7. The van der Waals surface area contributed by atoms with E-state index in [1.165, 1.54) is 28.6 Å². The SMILES string of the molecule is C=CCOC12Oc3ccc(Oc4cccc([N+](=O)[O-])c4)cc3C3C(CCCCO)C(CCCCO)C=C(C(=NOCc4ccc([N+](=O)[O-])cc4)CC1N(CCC)S(=O)(=O)c1cccc4cccnc14)C32. The lowest BCUT2D eigenvalue weighted by Gasteiger charge is -2.59.